The van der Waals surface area contributed by atoms with Gasteiger partial charge in [0.15, 0.2) is 0 Å². The zero-order valence-corrected chi connectivity index (χ0v) is 12.6. The van der Waals surface area contributed by atoms with Crippen molar-refractivity contribution in [3.05, 3.63) is 35.6 Å². The molecule has 1 saturated heterocycles. The van der Waals surface area contributed by atoms with Crippen LogP contribution in [-0.2, 0) is 9.53 Å². The highest BCUT2D eigenvalue weighted by Gasteiger charge is 2.38. The van der Waals surface area contributed by atoms with Crippen LogP contribution in [0.2, 0.25) is 0 Å². The minimum absolute atomic E-state index is 0.233. The SMILES string of the molecule is CCOC(=O)N1CCCC[C@@H]1[C@@H](C(N)=O)c1ccccc1F. The van der Waals surface area contributed by atoms with Crippen LogP contribution in [-0.4, -0.2) is 36.1 Å². The Morgan fingerprint density at radius 1 is 1.41 bits per heavy atom. The van der Waals surface area contributed by atoms with Crippen molar-refractivity contribution in [3.63, 3.8) is 0 Å². The number of amides is 2. The number of ether oxygens (including phenoxy) is 1. The zero-order valence-electron chi connectivity index (χ0n) is 12.6. The molecule has 1 aromatic rings. The standard InChI is InChI=1S/C16H21FN2O3/c1-2-22-16(21)19-10-6-5-9-13(19)14(15(18)20)11-7-3-4-8-12(11)17/h3-4,7-8,13-14H,2,5-6,9-10H2,1H3,(H2,18,20)/t13-,14+/m1/s1. The molecule has 22 heavy (non-hydrogen) atoms. The van der Waals surface area contributed by atoms with E-state index in [1.165, 1.54) is 11.0 Å². The summed E-state index contributed by atoms with van der Waals surface area (Å²) in [4.78, 5) is 25.6. The van der Waals surface area contributed by atoms with E-state index in [0.29, 0.717) is 13.0 Å². The first-order valence-electron chi connectivity index (χ1n) is 7.53. The molecule has 0 aromatic heterocycles. The van der Waals surface area contributed by atoms with Crippen molar-refractivity contribution in [1.29, 1.82) is 0 Å². The van der Waals surface area contributed by atoms with Crippen LogP contribution in [0.25, 0.3) is 0 Å². The number of primary amides is 1. The Kier molecular flexibility index (Phi) is 5.35. The number of hydrogen-bond acceptors (Lipinski definition) is 3. The Balaban J connectivity index is 2.35. The summed E-state index contributed by atoms with van der Waals surface area (Å²) in [7, 11) is 0. The second-order valence-corrected chi connectivity index (χ2v) is 5.36. The predicted octanol–water partition coefficient (Wildman–Crippen LogP) is 2.41. The molecule has 5 nitrogen and oxygen atoms in total. The molecule has 2 amide bonds. The van der Waals surface area contributed by atoms with Gasteiger partial charge in [0.05, 0.1) is 18.6 Å². The molecule has 0 saturated carbocycles. The van der Waals surface area contributed by atoms with Crippen LogP contribution in [0.5, 0.6) is 0 Å². The summed E-state index contributed by atoms with van der Waals surface area (Å²) in [6.45, 7) is 2.46. The summed E-state index contributed by atoms with van der Waals surface area (Å²) in [5, 5.41) is 0. The van der Waals surface area contributed by atoms with Crippen LogP contribution in [0.4, 0.5) is 9.18 Å². The minimum Gasteiger partial charge on any atom is -0.450 e. The van der Waals surface area contributed by atoms with E-state index in [1.807, 2.05) is 0 Å². The highest BCUT2D eigenvalue weighted by Crippen LogP contribution is 2.32. The van der Waals surface area contributed by atoms with Crippen molar-refractivity contribution in [1.82, 2.24) is 4.90 Å². The van der Waals surface area contributed by atoms with Gasteiger partial charge in [0.25, 0.3) is 0 Å². The number of likely N-dealkylation sites (tertiary alicyclic amines) is 1. The number of carbonyl (C=O) groups is 2. The van der Waals surface area contributed by atoms with Crippen molar-refractivity contribution in [2.24, 2.45) is 5.73 Å². The summed E-state index contributed by atoms with van der Waals surface area (Å²) in [6, 6.07) is 5.58. The highest BCUT2D eigenvalue weighted by molar-refractivity contribution is 5.84. The Morgan fingerprint density at radius 3 is 2.77 bits per heavy atom. The van der Waals surface area contributed by atoms with Gasteiger partial charge in [-0.05, 0) is 32.3 Å². The molecule has 1 aliphatic heterocycles. The third-order valence-corrected chi connectivity index (χ3v) is 3.98. The van der Waals surface area contributed by atoms with E-state index in [-0.39, 0.29) is 12.2 Å². The second kappa shape index (κ2) is 7.24. The largest absolute Gasteiger partial charge is 0.450 e. The number of benzene rings is 1. The molecule has 6 heteroatoms. The van der Waals surface area contributed by atoms with E-state index >= 15 is 0 Å². The molecule has 2 rings (SSSR count). The molecule has 1 aliphatic rings. The summed E-state index contributed by atoms with van der Waals surface area (Å²) >= 11 is 0. The lowest BCUT2D eigenvalue weighted by Crippen LogP contribution is -2.50. The first kappa shape index (κ1) is 16.3. The normalized spacial score (nSPS) is 19.5. The molecular weight excluding hydrogens is 287 g/mol. The molecule has 2 atom stereocenters. The van der Waals surface area contributed by atoms with Gasteiger partial charge in [0.1, 0.15) is 5.82 Å². The molecule has 2 N–H and O–H groups in total. The van der Waals surface area contributed by atoms with Gasteiger partial charge in [-0.1, -0.05) is 18.2 Å². The average molecular weight is 308 g/mol. The number of nitrogens with two attached hydrogens (primary N) is 1. The van der Waals surface area contributed by atoms with E-state index in [0.717, 1.165) is 12.8 Å². The van der Waals surface area contributed by atoms with Crippen molar-refractivity contribution in [3.8, 4) is 0 Å². The summed E-state index contributed by atoms with van der Waals surface area (Å²) in [5.41, 5.74) is 5.75. The Hall–Kier alpha value is -2.11. The van der Waals surface area contributed by atoms with Gasteiger partial charge in [0, 0.05) is 12.1 Å². The van der Waals surface area contributed by atoms with Gasteiger partial charge in [-0.3, -0.25) is 4.79 Å². The van der Waals surface area contributed by atoms with Gasteiger partial charge in [0.2, 0.25) is 5.91 Å². The zero-order chi connectivity index (χ0) is 16.1. The maximum absolute atomic E-state index is 14.1. The van der Waals surface area contributed by atoms with Crippen molar-refractivity contribution >= 4 is 12.0 Å². The maximum Gasteiger partial charge on any atom is 0.410 e. The van der Waals surface area contributed by atoms with E-state index in [1.54, 1.807) is 25.1 Å². The highest BCUT2D eigenvalue weighted by atomic mass is 19.1. The first-order valence-corrected chi connectivity index (χ1v) is 7.53. The minimum atomic E-state index is -0.870. The molecule has 120 valence electrons. The Bertz CT molecular complexity index is 550. The lowest BCUT2D eigenvalue weighted by molar-refractivity contribution is -0.121. The number of nitrogens with zero attached hydrogens (tertiary/aromatic N) is 1. The molecule has 0 aliphatic carbocycles. The van der Waals surface area contributed by atoms with Crippen LogP contribution < -0.4 is 5.73 Å². The molecule has 0 spiro atoms. The summed E-state index contributed by atoms with van der Waals surface area (Å²) in [6.07, 6.45) is 1.81. The van der Waals surface area contributed by atoms with Crippen LogP contribution in [0.1, 0.15) is 37.7 Å². The molecule has 0 bridgehead atoms. The fraction of sp³-hybridized carbons (Fsp3) is 0.500. The van der Waals surface area contributed by atoms with E-state index < -0.39 is 29.8 Å². The quantitative estimate of drug-likeness (QED) is 0.928. The van der Waals surface area contributed by atoms with Crippen LogP contribution in [0, 0.1) is 5.82 Å². The van der Waals surface area contributed by atoms with Crippen molar-refractivity contribution in [2.75, 3.05) is 13.2 Å². The van der Waals surface area contributed by atoms with E-state index in [9.17, 15) is 14.0 Å². The molecule has 0 radical (unpaired) electrons. The van der Waals surface area contributed by atoms with E-state index in [2.05, 4.69) is 0 Å². The monoisotopic (exact) mass is 308 g/mol. The molecular formula is C16H21FN2O3. The van der Waals surface area contributed by atoms with Gasteiger partial charge < -0.3 is 15.4 Å². The molecule has 1 aromatic carbocycles. The summed E-state index contributed by atoms with van der Waals surface area (Å²) in [5.74, 6) is -1.99. The average Bonchev–Trinajstić information content (AvgIpc) is 2.50. The van der Waals surface area contributed by atoms with E-state index in [4.69, 9.17) is 10.5 Å². The number of carbonyl (C=O) groups excluding carboxylic acids is 2. The van der Waals surface area contributed by atoms with Crippen LogP contribution in [0.3, 0.4) is 0 Å². The van der Waals surface area contributed by atoms with Crippen molar-refractivity contribution < 1.29 is 18.7 Å². The van der Waals surface area contributed by atoms with Gasteiger partial charge in [-0.15, -0.1) is 0 Å². The first-order chi connectivity index (χ1) is 10.6. The second-order valence-electron chi connectivity index (χ2n) is 5.36. The molecule has 0 unspecified atom stereocenters. The molecule has 1 fully saturated rings. The fourth-order valence-corrected chi connectivity index (χ4v) is 3.01. The fourth-order valence-electron chi connectivity index (χ4n) is 3.01. The number of rotatable bonds is 4. The third-order valence-electron chi connectivity index (χ3n) is 3.98. The lowest BCUT2D eigenvalue weighted by Gasteiger charge is -2.38. The van der Waals surface area contributed by atoms with Gasteiger partial charge in [-0.2, -0.15) is 0 Å². The third kappa shape index (κ3) is 3.37. The summed E-state index contributed by atoms with van der Waals surface area (Å²) < 4.78 is 19.1. The van der Waals surface area contributed by atoms with Crippen LogP contribution in [0.15, 0.2) is 24.3 Å². The molecule has 1 heterocycles. The number of piperidine rings is 1. The van der Waals surface area contributed by atoms with Gasteiger partial charge in [-0.25, -0.2) is 9.18 Å². The number of halogens is 1. The smallest absolute Gasteiger partial charge is 0.410 e. The van der Waals surface area contributed by atoms with Gasteiger partial charge >= 0.3 is 6.09 Å². The number of hydrogen-bond donors (Lipinski definition) is 1. The Labute approximate surface area is 129 Å². The van der Waals surface area contributed by atoms with Crippen molar-refractivity contribution in [2.45, 2.75) is 38.1 Å². The predicted molar refractivity (Wildman–Crippen MR) is 79.7 cm³/mol. The topological polar surface area (TPSA) is 72.6 Å². The lowest BCUT2D eigenvalue weighted by atomic mass is 9.84. The Morgan fingerprint density at radius 2 is 2.14 bits per heavy atom. The van der Waals surface area contributed by atoms with Crippen LogP contribution >= 0.6 is 0 Å². The maximum atomic E-state index is 14.1.